The summed E-state index contributed by atoms with van der Waals surface area (Å²) >= 11 is 0. The highest BCUT2D eigenvalue weighted by atomic mass is 32.2. The maximum Gasteiger partial charge on any atom is 0.374 e. The summed E-state index contributed by atoms with van der Waals surface area (Å²) < 4.78 is 28.1. The third kappa shape index (κ3) is 2.50. The number of carbonyl (C=O) groups is 1. The first-order valence-corrected chi connectivity index (χ1v) is 7.33. The number of rotatable bonds is 3. The van der Waals surface area contributed by atoms with Crippen LogP contribution in [-0.2, 0) is 9.84 Å². The van der Waals surface area contributed by atoms with Crippen molar-refractivity contribution in [1.29, 1.82) is 0 Å². The number of phenols is 1. The van der Waals surface area contributed by atoms with Gasteiger partial charge in [-0.15, -0.1) is 0 Å². The van der Waals surface area contributed by atoms with Crippen LogP contribution in [0.5, 0.6) is 5.75 Å². The number of sulfone groups is 1. The largest absolute Gasteiger partial charge is 0.508 e. The van der Waals surface area contributed by atoms with Gasteiger partial charge in [-0.25, -0.2) is 13.2 Å². The smallest absolute Gasteiger partial charge is 0.374 e. The molecular weight excluding hydrogens is 286 g/mol. The Bertz CT molecular complexity index is 790. The number of phenolic OH excluding ortho intramolecular Hbond substituents is 1. The predicted octanol–water partition coefficient (Wildman–Crippen LogP) is 1.46. The Balaban J connectivity index is 2.72. The van der Waals surface area contributed by atoms with Crippen LogP contribution in [0.1, 0.15) is 16.1 Å². The van der Waals surface area contributed by atoms with E-state index in [2.05, 4.69) is 9.68 Å². The van der Waals surface area contributed by atoms with Crippen LogP contribution in [0.2, 0.25) is 0 Å². The van der Waals surface area contributed by atoms with Gasteiger partial charge < -0.3 is 14.7 Å². The number of carboxylic acid groups (broad SMARTS) is 1. The van der Waals surface area contributed by atoms with Gasteiger partial charge in [-0.05, 0) is 24.6 Å². The third-order valence-corrected chi connectivity index (χ3v) is 3.83. The molecule has 7 nitrogen and oxygen atoms in total. The highest BCUT2D eigenvalue weighted by molar-refractivity contribution is 7.90. The molecule has 2 N–H and O–H groups in total. The third-order valence-electron chi connectivity index (χ3n) is 2.69. The maximum atomic E-state index is 11.8. The van der Waals surface area contributed by atoms with E-state index >= 15 is 0 Å². The lowest BCUT2D eigenvalue weighted by atomic mass is 10.1. The second kappa shape index (κ2) is 4.64. The molecule has 8 heteroatoms. The van der Waals surface area contributed by atoms with Gasteiger partial charge in [-0.3, -0.25) is 0 Å². The van der Waals surface area contributed by atoms with Crippen molar-refractivity contribution in [3.8, 4) is 17.0 Å². The van der Waals surface area contributed by atoms with Gasteiger partial charge in [-0.1, -0.05) is 5.16 Å². The predicted molar refractivity (Wildman–Crippen MR) is 68.4 cm³/mol. The number of nitrogens with zero attached hydrogens (tertiary/aromatic N) is 1. The van der Waals surface area contributed by atoms with Crippen LogP contribution in [0.15, 0.2) is 27.6 Å². The molecule has 0 fully saturated rings. The van der Waals surface area contributed by atoms with Gasteiger partial charge in [0.25, 0.3) is 0 Å². The number of aryl methyl sites for hydroxylation is 1. The second-order valence-electron chi connectivity index (χ2n) is 4.29. The molecule has 0 saturated carbocycles. The van der Waals surface area contributed by atoms with Crippen LogP contribution >= 0.6 is 0 Å². The monoisotopic (exact) mass is 297 g/mol. The van der Waals surface area contributed by atoms with Gasteiger partial charge in [0.15, 0.2) is 9.84 Å². The van der Waals surface area contributed by atoms with Crippen molar-refractivity contribution >= 4 is 15.8 Å². The summed E-state index contributed by atoms with van der Waals surface area (Å²) in [5, 5.41) is 22.0. The van der Waals surface area contributed by atoms with Crippen LogP contribution in [0, 0.1) is 6.92 Å². The quantitative estimate of drug-likeness (QED) is 0.880. The molecular formula is C12H11NO6S. The average molecular weight is 297 g/mol. The zero-order valence-corrected chi connectivity index (χ0v) is 11.4. The number of aromatic hydroxyl groups is 1. The highest BCUT2D eigenvalue weighted by Gasteiger charge is 2.21. The molecule has 0 unspecified atom stereocenters. The first-order chi connectivity index (χ1) is 9.20. The van der Waals surface area contributed by atoms with Crippen molar-refractivity contribution in [3.05, 3.63) is 29.5 Å². The molecule has 1 aromatic heterocycles. The Morgan fingerprint density at radius 1 is 1.30 bits per heavy atom. The van der Waals surface area contributed by atoms with E-state index in [-0.39, 0.29) is 21.9 Å². The molecule has 0 aliphatic rings. The molecule has 0 saturated heterocycles. The highest BCUT2D eigenvalue weighted by Crippen LogP contribution is 2.32. The molecule has 1 heterocycles. The van der Waals surface area contributed by atoms with Gasteiger partial charge in [0, 0.05) is 17.9 Å². The lowest BCUT2D eigenvalue weighted by molar-refractivity contribution is 0.0652. The SMILES string of the molecule is Cc1cc(S(C)(=O)=O)c(-c2cc(C(=O)O)on2)cc1O. The molecule has 2 rings (SSSR count). The number of carboxylic acids is 1. The van der Waals surface area contributed by atoms with Crippen molar-refractivity contribution in [2.45, 2.75) is 11.8 Å². The minimum absolute atomic E-state index is 0.0260. The van der Waals surface area contributed by atoms with Gasteiger partial charge in [0.1, 0.15) is 11.4 Å². The summed E-state index contributed by atoms with van der Waals surface area (Å²) in [4.78, 5) is 10.7. The molecule has 0 aliphatic heterocycles. The zero-order chi connectivity index (χ0) is 15.1. The molecule has 0 spiro atoms. The van der Waals surface area contributed by atoms with Gasteiger partial charge in [0.2, 0.25) is 5.76 Å². The molecule has 20 heavy (non-hydrogen) atoms. The Morgan fingerprint density at radius 3 is 2.45 bits per heavy atom. The summed E-state index contributed by atoms with van der Waals surface area (Å²) in [5.41, 5.74) is 0.501. The number of hydrogen-bond acceptors (Lipinski definition) is 6. The number of aromatic carboxylic acids is 1. The van der Waals surface area contributed by atoms with Crippen LogP contribution in [0.25, 0.3) is 11.3 Å². The van der Waals surface area contributed by atoms with E-state index in [0.29, 0.717) is 5.56 Å². The van der Waals surface area contributed by atoms with Crippen LogP contribution < -0.4 is 0 Å². The zero-order valence-electron chi connectivity index (χ0n) is 10.6. The van der Waals surface area contributed by atoms with E-state index < -0.39 is 21.6 Å². The average Bonchev–Trinajstić information content (AvgIpc) is 2.80. The summed E-state index contributed by atoms with van der Waals surface area (Å²) in [6.45, 7) is 1.55. The summed E-state index contributed by atoms with van der Waals surface area (Å²) in [7, 11) is -3.57. The first-order valence-electron chi connectivity index (χ1n) is 5.44. The Labute approximate surface area is 114 Å². The Hall–Kier alpha value is -2.35. The van der Waals surface area contributed by atoms with Gasteiger partial charge >= 0.3 is 5.97 Å². The Morgan fingerprint density at radius 2 is 1.95 bits per heavy atom. The minimum Gasteiger partial charge on any atom is -0.508 e. The van der Waals surface area contributed by atoms with E-state index in [4.69, 9.17) is 5.11 Å². The Kier molecular flexibility index (Phi) is 3.26. The second-order valence-corrected chi connectivity index (χ2v) is 6.27. The molecule has 0 radical (unpaired) electrons. The van der Waals surface area contributed by atoms with E-state index in [0.717, 1.165) is 12.3 Å². The van der Waals surface area contributed by atoms with Crippen LogP contribution in [0.3, 0.4) is 0 Å². The van der Waals surface area contributed by atoms with E-state index in [1.807, 2.05) is 0 Å². The maximum absolute atomic E-state index is 11.8. The van der Waals surface area contributed by atoms with Crippen molar-refractivity contribution in [1.82, 2.24) is 5.16 Å². The molecule has 0 atom stereocenters. The fraction of sp³-hybridized carbons (Fsp3) is 0.167. The standard InChI is InChI=1S/C12H11NO6S/c1-6-3-11(20(2,17)18)7(4-9(6)14)8-5-10(12(15)16)19-13-8/h3-5,14H,1-2H3,(H,15,16). The molecule has 106 valence electrons. The van der Waals surface area contributed by atoms with Crippen LogP contribution in [-0.4, -0.2) is 36.0 Å². The van der Waals surface area contributed by atoms with Crippen LogP contribution in [0.4, 0.5) is 0 Å². The molecule has 0 amide bonds. The fourth-order valence-corrected chi connectivity index (χ4v) is 2.63. The molecule has 0 bridgehead atoms. The number of hydrogen-bond donors (Lipinski definition) is 2. The van der Waals surface area contributed by atoms with E-state index in [1.165, 1.54) is 12.1 Å². The van der Waals surface area contributed by atoms with Crippen molar-refractivity contribution in [2.75, 3.05) is 6.26 Å². The fourth-order valence-electron chi connectivity index (χ4n) is 1.68. The summed E-state index contributed by atoms with van der Waals surface area (Å²) in [5.74, 6) is -1.85. The normalized spacial score (nSPS) is 11.5. The summed E-state index contributed by atoms with van der Waals surface area (Å²) in [6, 6.07) is 3.62. The van der Waals surface area contributed by atoms with E-state index in [9.17, 15) is 18.3 Å². The van der Waals surface area contributed by atoms with Crippen molar-refractivity contribution in [2.24, 2.45) is 0 Å². The van der Waals surface area contributed by atoms with Crippen molar-refractivity contribution < 1.29 is 27.9 Å². The number of aromatic nitrogens is 1. The topological polar surface area (TPSA) is 118 Å². The lowest BCUT2D eigenvalue weighted by Gasteiger charge is -2.08. The molecule has 2 aromatic rings. The minimum atomic E-state index is -3.57. The van der Waals surface area contributed by atoms with Gasteiger partial charge in [0.05, 0.1) is 4.90 Å². The summed E-state index contributed by atoms with van der Waals surface area (Å²) in [6.07, 6.45) is 1.01. The van der Waals surface area contributed by atoms with E-state index in [1.54, 1.807) is 6.92 Å². The van der Waals surface area contributed by atoms with Crippen molar-refractivity contribution in [3.63, 3.8) is 0 Å². The molecule has 1 aromatic carbocycles. The first kappa shape index (κ1) is 14.1. The number of benzene rings is 1. The van der Waals surface area contributed by atoms with Gasteiger partial charge in [-0.2, -0.15) is 0 Å². The molecule has 0 aliphatic carbocycles. The lowest BCUT2D eigenvalue weighted by Crippen LogP contribution is -2.01.